The summed E-state index contributed by atoms with van der Waals surface area (Å²) in [5, 5.41) is 10.5. The van der Waals surface area contributed by atoms with Crippen molar-refractivity contribution >= 4 is 17.6 Å². The van der Waals surface area contributed by atoms with Gasteiger partial charge >= 0.3 is 0 Å². The Bertz CT molecular complexity index is 486. The van der Waals surface area contributed by atoms with Crippen LogP contribution >= 0.6 is 0 Å². The second-order valence-corrected chi connectivity index (χ2v) is 4.51. The van der Waals surface area contributed by atoms with E-state index in [1.54, 1.807) is 12.2 Å². The van der Waals surface area contributed by atoms with Gasteiger partial charge in [-0.2, -0.15) is 0 Å². The number of nitrogens with one attached hydrogen (secondary N) is 2. The highest BCUT2D eigenvalue weighted by atomic mass is 14.8. The molecule has 0 unspecified atom stereocenters. The minimum Gasteiger partial charge on any atom is -0.398 e. The first kappa shape index (κ1) is 22.0. The van der Waals surface area contributed by atoms with Gasteiger partial charge in [0.25, 0.3) is 0 Å². The summed E-state index contributed by atoms with van der Waals surface area (Å²) in [5.41, 5.74) is 9.36. The summed E-state index contributed by atoms with van der Waals surface area (Å²) in [4.78, 5) is 0. The summed E-state index contributed by atoms with van der Waals surface area (Å²) in [5.74, 6) is 0.372. The standard InChI is InChI=1S/C14H19N3.C3H6.C2H6/c1-4-5-6-17-14-7-11(9-15)13(16)8-12(14)10(2)3;1-3-2;1-2/h4-10,15,17H,1,16H2,2-3H3;3H,1H2,2H3;1-2H3/b6-5+,15-9?;;. The van der Waals surface area contributed by atoms with Crippen molar-refractivity contribution in [1.29, 1.82) is 5.41 Å². The van der Waals surface area contributed by atoms with Crippen LogP contribution in [0.15, 0.2) is 49.7 Å². The molecule has 0 saturated carbocycles. The Hall–Kier alpha value is -2.29. The molecule has 1 rings (SSSR count). The molecule has 0 atom stereocenters. The van der Waals surface area contributed by atoms with E-state index in [-0.39, 0.29) is 0 Å². The summed E-state index contributed by atoms with van der Waals surface area (Å²) in [6.45, 7) is 17.1. The normalized spacial score (nSPS) is 9.18. The van der Waals surface area contributed by atoms with E-state index in [2.05, 4.69) is 32.3 Å². The van der Waals surface area contributed by atoms with Crippen LogP contribution in [0, 0.1) is 5.41 Å². The Morgan fingerprint density at radius 1 is 1.23 bits per heavy atom. The number of hydrogen-bond acceptors (Lipinski definition) is 3. The van der Waals surface area contributed by atoms with E-state index in [1.165, 1.54) is 6.21 Å². The van der Waals surface area contributed by atoms with Crippen LogP contribution < -0.4 is 11.1 Å². The van der Waals surface area contributed by atoms with E-state index in [0.717, 1.165) is 16.8 Å². The molecule has 4 N–H and O–H groups in total. The van der Waals surface area contributed by atoms with Gasteiger partial charge in [-0.25, -0.2) is 0 Å². The third kappa shape index (κ3) is 8.10. The van der Waals surface area contributed by atoms with Gasteiger partial charge in [-0.1, -0.05) is 46.4 Å². The maximum absolute atomic E-state index is 7.31. The number of allylic oxidation sites excluding steroid dienone is 3. The Balaban J connectivity index is 0. The lowest BCUT2D eigenvalue weighted by atomic mass is 9.98. The van der Waals surface area contributed by atoms with E-state index >= 15 is 0 Å². The van der Waals surface area contributed by atoms with Crippen LogP contribution in [0.5, 0.6) is 0 Å². The monoisotopic (exact) mass is 301 g/mol. The largest absolute Gasteiger partial charge is 0.398 e. The van der Waals surface area contributed by atoms with Crippen molar-refractivity contribution < 1.29 is 0 Å². The number of anilines is 2. The predicted molar refractivity (Wildman–Crippen MR) is 103 cm³/mol. The van der Waals surface area contributed by atoms with Crippen molar-refractivity contribution in [2.75, 3.05) is 11.1 Å². The summed E-state index contributed by atoms with van der Waals surface area (Å²) in [7, 11) is 0. The molecule has 0 heterocycles. The number of rotatable bonds is 5. The summed E-state index contributed by atoms with van der Waals surface area (Å²) < 4.78 is 0. The lowest BCUT2D eigenvalue weighted by Crippen LogP contribution is -2.02. The maximum Gasteiger partial charge on any atom is 0.0423 e. The van der Waals surface area contributed by atoms with Gasteiger partial charge < -0.3 is 16.5 Å². The zero-order chi connectivity index (χ0) is 17.5. The molecule has 122 valence electrons. The van der Waals surface area contributed by atoms with Crippen LogP contribution in [0.1, 0.15) is 51.7 Å². The molecule has 0 spiro atoms. The highest BCUT2D eigenvalue weighted by Gasteiger charge is 2.09. The number of nitrogens with two attached hydrogens (primary N) is 1. The van der Waals surface area contributed by atoms with Crippen LogP contribution in [0.3, 0.4) is 0 Å². The fraction of sp³-hybridized carbons (Fsp3) is 0.316. The van der Waals surface area contributed by atoms with E-state index in [9.17, 15) is 0 Å². The summed E-state index contributed by atoms with van der Waals surface area (Å²) >= 11 is 0. The van der Waals surface area contributed by atoms with E-state index < -0.39 is 0 Å². The van der Waals surface area contributed by atoms with Crippen LogP contribution in [0.25, 0.3) is 0 Å². The number of benzene rings is 1. The average Bonchev–Trinajstić information content (AvgIpc) is 2.51. The van der Waals surface area contributed by atoms with Gasteiger partial charge in [0.05, 0.1) is 0 Å². The quantitative estimate of drug-likeness (QED) is 0.282. The fourth-order valence-corrected chi connectivity index (χ4v) is 1.58. The molecule has 1 aromatic rings. The van der Waals surface area contributed by atoms with E-state index in [4.69, 9.17) is 11.1 Å². The van der Waals surface area contributed by atoms with Crippen molar-refractivity contribution in [3.63, 3.8) is 0 Å². The molecule has 22 heavy (non-hydrogen) atoms. The lowest BCUT2D eigenvalue weighted by Gasteiger charge is -2.15. The van der Waals surface area contributed by atoms with Gasteiger partial charge in [0, 0.05) is 29.4 Å². The second-order valence-electron chi connectivity index (χ2n) is 4.51. The predicted octanol–water partition coefficient (Wildman–Crippen LogP) is 5.72. The molecule has 0 aliphatic rings. The molecule has 0 amide bonds. The van der Waals surface area contributed by atoms with Gasteiger partial charge in [-0.3, -0.25) is 0 Å². The topological polar surface area (TPSA) is 61.9 Å². The van der Waals surface area contributed by atoms with Crippen molar-refractivity contribution in [2.45, 2.75) is 40.5 Å². The van der Waals surface area contributed by atoms with Crippen molar-refractivity contribution in [3.8, 4) is 0 Å². The molecular weight excluding hydrogens is 270 g/mol. The SMILES string of the molecule is C=C/C=C/Nc1cc(C=N)c(N)cc1C(C)C.C=CC.CC. The minimum atomic E-state index is 0.372. The molecule has 0 saturated heterocycles. The third-order valence-electron chi connectivity index (χ3n) is 2.50. The molecule has 0 fully saturated rings. The molecule has 0 radical (unpaired) electrons. The van der Waals surface area contributed by atoms with Gasteiger partial charge in [0.15, 0.2) is 0 Å². The molecule has 0 bridgehead atoms. The number of nitrogen functional groups attached to an aromatic ring is 1. The summed E-state index contributed by atoms with van der Waals surface area (Å²) in [6, 6.07) is 3.82. The maximum atomic E-state index is 7.31. The Morgan fingerprint density at radius 3 is 2.18 bits per heavy atom. The molecular formula is C19H31N3. The zero-order valence-electron chi connectivity index (χ0n) is 14.6. The van der Waals surface area contributed by atoms with Crippen LogP contribution in [0.2, 0.25) is 0 Å². The lowest BCUT2D eigenvalue weighted by molar-refractivity contribution is 0.869. The summed E-state index contributed by atoms with van der Waals surface area (Å²) in [6.07, 6.45) is 8.36. The first-order valence-corrected chi connectivity index (χ1v) is 7.56. The molecule has 0 aliphatic heterocycles. The third-order valence-corrected chi connectivity index (χ3v) is 2.50. The Kier molecular flexibility index (Phi) is 13.7. The second kappa shape index (κ2) is 13.7. The molecule has 3 nitrogen and oxygen atoms in total. The average molecular weight is 301 g/mol. The first-order chi connectivity index (χ1) is 10.5. The fourth-order valence-electron chi connectivity index (χ4n) is 1.58. The minimum absolute atomic E-state index is 0.372. The molecule has 1 aromatic carbocycles. The molecule has 0 aromatic heterocycles. The number of hydrogen-bond donors (Lipinski definition) is 3. The van der Waals surface area contributed by atoms with Gasteiger partial charge in [0.1, 0.15) is 0 Å². The van der Waals surface area contributed by atoms with Crippen molar-refractivity contribution in [2.24, 2.45) is 0 Å². The Morgan fingerprint density at radius 2 is 1.77 bits per heavy atom. The first-order valence-electron chi connectivity index (χ1n) is 7.56. The van der Waals surface area contributed by atoms with Crippen molar-refractivity contribution in [1.82, 2.24) is 0 Å². The highest BCUT2D eigenvalue weighted by molar-refractivity contribution is 5.87. The van der Waals surface area contributed by atoms with E-state index in [0.29, 0.717) is 11.6 Å². The van der Waals surface area contributed by atoms with Gasteiger partial charge in [0.2, 0.25) is 0 Å². The molecule has 3 heteroatoms. The van der Waals surface area contributed by atoms with Gasteiger partial charge in [-0.05, 0) is 36.6 Å². The van der Waals surface area contributed by atoms with Gasteiger partial charge in [-0.15, -0.1) is 6.58 Å². The van der Waals surface area contributed by atoms with Crippen LogP contribution in [-0.2, 0) is 0 Å². The molecule has 0 aliphatic carbocycles. The van der Waals surface area contributed by atoms with E-state index in [1.807, 2.05) is 45.2 Å². The zero-order valence-corrected chi connectivity index (χ0v) is 14.6. The van der Waals surface area contributed by atoms with Crippen LogP contribution in [0.4, 0.5) is 11.4 Å². The van der Waals surface area contributed by atoms with Crippen molar-refractivity contribution in [3.05, 3.63) is 60.8 Å². The smallest absolute Gasteiger partial charge is 0.0423 e. The van der Waals surface area contributed by atoms with Crippen LogP contribution in [-0.4, -0.2) is 6.21 Å². The highest BCUT2D eigenvalue weighted by Crippen LogP contribution is 2.28. The Labute approximate surface area is 136 Å².